The van der Waals surface area contributed by atoms with Crippen molar-refractivity contribution in [3.63, 3.8) is 0 Å². The average molecular weight is 264 g/mol. The van der Waals surface area contributed by atoms with Crippen LogP contribution in [0.2, 0.25) is 0 Å². The smallest absolute Gasteiger partial charge is 0.123 e. The number of hydrogen-bond acceptors (Lipinski definition) is 3. The Morgan fingerprint density at radius 1 is 1.42 bits per heavy atom. The molecule has 1 aromatic carbocycles. The van der Waals surface area contributed by atoms with Gasteiger partial charge in [0.25, 0.3) is 0 Å². The molecule has 0 amide bonds. The predicted molar refractivity (Wildman–Crippen MR) is 75.0 cm³/mol. The topological polar surface area (TPSA) is 45.0 Å². The molecule has 1 N–H and O–H groups in total. The van der Waals surface area contributed by atoms with Crippen molar-refractivity contribution in [3.8, 4) is 11.8 Å². The van der Waals surface area contributed by atoms with E-state index in [1.807, 2.05) is 24.3 Å². The van der Waals surface area contributed by atoms with Crippen molar-refractivity contribution >= 4 is 5.69 Å². The summed E-state index contributed by atoms with van der Waals surface area (Å²) in [5.41, 5.74) is 1.01. The second kappa shape index (κ2) is 7.63. The summed E-state index contributed by atoms with van der Waals surface area (Å²) in [5, 5.41) is 11.9. The first-order valence-corrected chi connectivity index (χ1v) is 6.47. The summed E-state index contributed by atoms with van der Waals surface area (Å²) in [6.07, 6.45) is 1.42. The SMILES string of the molecule is CC(C)(CCC#N)CNc1cccc(OCCF)c1. The largest absolute Gasteiger partial charge is 0.491 e. The quantitative estimate of drug-likeness (QED) is 0.777. The van der Waals surface area contributed by atoms with Gasteiger partial charge in [-0.1, -0.05) is 19.9 Å². The zero-order valence-corrected chi connectivity index (χ0v) is 11.6. The van der Waals surface area contributed by atoms with Gasteiger partial charge in [-0.2, -0.15) is 5.26 Å². The number of rotatable bonds is 8. The molecule has 0 radical (unpaired) electrons. The Labute approximate surface area is 114 Å². The first kappa shape index (κ1) is 15.3. The summed E-state index contributed by atoms with van der Waals surface area (Å²) in [6.45, 7) is 4.62. The van der Waals surface area contributed by atoms with Crippen LogP contribution in [0, 0.1) is 16.7 Å². The van der Waals surface area contributed by atoms with E-state index in [0.717, 1.165) is 18.7 Å². The van der Waals surface area contributed by atoms with Crippen LogP contribution < -0.4 is 10.1 Å². The lowest BCUT2D eigenvalue weighted by Gasteiger charge is -2.24. The summed E-state index contributed by atoms with van der Waals surface area (Å²) < 4.78 is 17.3. The summed E-state index contributed by atoms with van der Waals surface area (Å²) in [7, 11) is 0. The number of halogens is 1. The van der Waals surface area contributed by atoms with Crippen molar-refractivity contribution in [2.24, 2.45) is 5.41 Å². The van der Waals surface area contributed by atoms with E-state index in [9.17, 15) is 4.39 Å². The molecule has 3 nitrogen and oxygen atoms in total. The van der Waals surface area contributed by atoms with Crippen LogP contribution in [-0.4, -0.2) is 19.8 Å². The van der Waals surface area contributed by atoms with Crippen molar-refractivity contribution in [1.82, 2.24) is 0 Å². The number of ether oxygens (including phenoxy) is 1. The van der Waals surface area contributed by atoms with Gasteiger partial charge in [0, 0.05) is 24.7 Å². The molecule has 0 bridgehead atoms. The summed E-state index contributed by atoms with van der Waals surface area (Å²) in [5.74, 6) is 0.664. The fraction of sp³-hybridized carbons (Fsp3) is 0.533. The van der Waals surface area contributed by atoms with Crippen molar-refractivity contribution in [2.75, 3.05) is 25.1 Å². The second-order valence-electron chi connectivity index (χ2n) is 5.24. The van der Waals surface area contributed by atoms with Gasteiger partial charge in [-0.05, 0) is 24.0 Å². The van der Waals surface area contributed by atoms with E-state index in [0.29, 0.717) is 12.2 Å². The molecule has 0 heterocycles. The molecule has 4 heteroatoms. The van der Waals surface area contributed by atoms with Gasteiger partial charge in [0.15, 0.2) is 0 Å². The van der Waals surface area contributed by atoms with Crippen LogP contribution in [-0.2, 0) is 0 Å². The van der Waals surface area contributed by atoms with Gasteiger partial charge in [-0.3, -0.25) is 0 Å². The Morgan fingerprint density at radius 2 is 2.21 bits per heavy atom. The Hall–Kier alpha value is -1.76. The van der Waals surface area contributed by atoms with Gasteiger partial charge in [0.1, 0.15) is 19.0 Å². The maximum Gasteiger partial charge on any atom is 0.123 e. The van der Waals surface area contributed by atoms with Crippen LogP contribution in [0.5, 0.6) is 5.75 Å². The predicted octanol–water partition coefficient (Wildman–Crippen LogP) is 3.78. The van der Waals surface area contributed by atoms with Crippen molar-refractivity contribution < 1.29 is 9.13 Å². The van der Waals surface area contributed by atoms with E-state index < -0.39 is 6.67 Å². The molecule has 104 valence electrons. The van der Waals surface area contributed by atoms with Gasteiger partial charge in [-0.25, -0.2) is 4.39 Å². The highest BCUT2D eigenvalue weighted by Gasteiger charge is 2.16. The fourth-order valence-electron chi connectivity index (χ4n) is 1.68. The molecule has 0 fully saturated rings. The molecule has 0 atom stereocenters. The average Bonchev–Trinajstić information content (AvgIpc) is 2.41. The lowest BCUT2D eigenvalue weighted by Crippen LogP contribution is -2.22. The number of hydrogen-bond donors (Lipinski definition) is 1. The van der Waals surface area contributed by atoms with E-state index in [1.54, 1.807) is 0 Å². The second-order valence-corrected chi connectivity index (χ2v) is 5.24. The Bertz CT molecular complexity index is 426. The van der Waals surface area contributed by atoms with Crippen LogP contribution in [0.25, 0.3) is 0 Å². The number of nitrogens with one attached hydrogen (secondary N) is 1. The maximum absolute atomic E-state index is 12.0. The molecular weight excluding hydrogens is 243 g/mol. The fourth-order valence-corrected chi connectivity index (χ4v) is 1.68. The number of nitrogens with zero attached hydrogens (tertiary/aromatic N) is 1. The minimum Gasteiger partial charge on any atom is -0.491 e. The maximum atomic E-state index is 12.0. The van der Waals surface area contributed by atoms with E-state index in [4.69, 9.17) is 10.00 Å². The molecule has 0 aliphatic carbocycles. The molecule has 0 aliphatic heterocycles. The molecule has 0 unspecified atom stereocenters. The normalized spacial score (nSPS) is 10.8. The highest BCUT2D eigenvalue weighted by Crippen LogP contribution is 2.24. The summed E-state index contributed by atoms with van der Waals surface area (Å²) in [4.78, 5) is 0. The van der Waals surface area contributed by atoms with E-state index >= 15 is 0 Å². The van der Waals surface area contributed by atoms with Gasteiger partial charge in [0.2, 0.25) is 0 Å². The third-order valence-electron chi connectivity index (χ3n) is 2.86. The van der Waals surface area contributed by atoms with Crippen molar-refractivity contribution in [3.05, 3.63) is 24.3 Å². The lowest BCUT2D eigenvalue weighted by molar-refractivity contribution is 0.273. The van der Waals surface area contributed by atoms with Gasteiger partial charge >= 0.3 is 0 Å². The summed E-state index contributed by atoms with van der Waals surface area (Å²) >= 11 is 0. The van der Waals surface area contributed by atoms with Crippen LogP contribution in [0.1, 0.15) is 26.7 Å². The van der Waals surface area contributed by atoms with E-state index in [1.165, 1.54) is 0 Å². The van der Waals surface area contributed by atoms with E-state index in [-0.39, 0.29) is 12.0 Å². The first-order valence-electron chi connectivity index (χ1n) is 6.47. The highest BCUT2D eigenvalue weighted by molar-refractivity contribution is 5.48. The number of anilines is 1. The third-order valence-corrected chi connectivity index (χ3v) is 2.86. The van der Waals surface area contributed by atoms with E-state index in [2.05, 4.69) is 25.2 Å². The minimum absolute atomic E-state index is 0.0610. The van der Waals surface area contributed by atoms with Crippen LogP contribution in [0.15, 0.2) is 24.3 Å². The van der Waals surface area contributed by atoms with Crippen LogP contribution in [0.3, 0.4) is 0 Å². The zero-order valence-electron chi connectivity index (χ0n) is 11.6. The lowest BCUT2D eigenvalue weighted by atomic mass is 9.88. The van der Waals surface area contributed by atoms with Gasteiger partial charge < -0.3 is 10.1 Å². The molecule has 0 aromatic heterocycles. The van der Waals surface area contributed by atoms with Gasteiger partial charge in [-0.15, -0.1) is 0 Å². The Morgan fingerprint density at radius 3 is 2.89 bits per heavy atom. The van der Waals surface area contributed by atoms with Crippen molar-refractivity contribution in [1.29, 1.82) is 5.26 Å². The molecule has 0 spiro atoms. The summed E-state index contributed by atoms with van der Waals surface area (Å²) in [6, 6.07) is 9.66. The highest BCUT2D eigenvalue weighted by atomic mass is 19.1. The number of nitriles is 1. The van der Waals surface area contributed by atoms with Crippen LogP contribution in [0.4, 0.5) is 10.1 Å². The molecule has 1 aromatic rings. The monoisotopic (exact) mass is 264 g/mol. The number of benzene rings is 1. The third kappa shape index (κ3) is 6.10. The van der Waals surface area contributed by atoms with Crippen LogP contribution >= 0.6 is 0 Å². The molecular formula is C15H21FN2O. The van der Waals surface area contributed by atoms with Gasteiger partial charge in [0.05, 0.1) is 6.07 Å². The Balaban J connectivity index is 2.50. The first-order chi connectivity index (χ1) is 9.07. The minimum atomic E-state index is -0.487. The standard InChI is InChI=1S/C15H21FN2O/c1-15(2,7-4-9-17)12-18-13-5-3-6-14(11-13)19-10-8-16/h3,5-6,11,18H,4,7-8,10,12H2,1-2H3. The Kier molecular flexibility index (Phi) is 6.14. The molecule has 1 rings (SSSR count). The molecule has 0 saturated carbocycles. The van der Waals surface area contributed by atoms with Crippen molar-refractivity contribution in [2.45, 2.75) is 26.7 Å². The number of alkyl halides is 1. The molecule has 0 aliphatic rings. The molecule has 0 saturated heterocycles. The zero-order chi connectivity index (χ0) is 14.1. The molecule has 19 heavy (non-hydrogen) atoms.